The van der Waals surface area contributed by atoms with Gasteiger partial charge in [0, 0.05) is 48.5 Å². The fraction of sp³-hybridized carbons (Fsp3) is 0.636. The number of hydrogen-bond acceptors (Lipinski definition) is 10. The van der Waals surface area contributed by atoms with Crippen LogP contribution in [0.4, 0.5) is 0 Å². The molecule has 0 saturated carbocycles. The summed E-state index contributed by atoms with van der Waals surface area (Å²) in [5.74, 6) is -2.24. The van der Waals surface area contributed by atoms with Crippen LogP contribution in [0.2, 0.25) is 0 Å². The molecule has 0 spiro atoms. The molecule has 44 heavy (non-hydrogen) atoms. The average molecular weight is 618 g/mol. The summed E-state index contributed by atoms with van der Waals surface area (Å²) in [6, 6.07) is 9.72. The topological polar surface area (TPSA) is 135 Å². The summed E-state index contributed by atoms with van der Waals surface area (Å²) in [5, 5.41) is 19.1. The first-order valence-electron chi connectivity index (χ1n) is 15.5. The van der Waals surface area contributed by atoms with Gasteiger partial charge in [0.05, 0.1) is 13.2 Å². The van der Waals surface area contributed by atoms with Gasteiger partial charge >= 0.3 is 11.9 Å². The predicted molar refractivity (Wildman–Crippen MR) is 160 cm³/mol. The van der Waals surface area contributed by atoms with Gasteiger partial charge < -0.3 is 29.3 Å². The summed E-state index contributed by atoms with van der Waals surface area (Å²) in [7, 11) is 0. The van der Waals surface area contributed by atoms with Crippen LogP contribution in [0.5, 0.6) is 17.5 Å². The van der Waals surface area contributed by atoms with Crippen LogP contribution in [-0.2, 0) is 34.6 Å². The minimum atomic E-state index is -1.14. The molecule has 11 nitrogen and oxygen atoms in total. The zero-order chi connectivity index (χ0) is 32.0. The molecular weight excluding hydrogens is 570 g/mol. The number of aromatic hydroxyl groups is 2. The Labute approximate surface area is 259 Å². The number of benzene rings is 1. The highest BCUT2D eigenvalue weighted by atomic mass is 17.3. The number of ether oxygens (including phenoxy) is 3. The lowest BCUT2D eigenvalue weighted by Crippen LogP contribution is -2.74. The molecule has 3 heterocycles. The molecule has 0 aliphatic carbocycles. The van der Waals surface area contributed by atoms with Gasteiger partial charge in [0.1, 0.15) is 5.75 Å². The monoisotopic (exact) mass is 617 g/mol. The van der Waals surface area contributed by atoms with Gasteiger partial charge in [-0.3, -0.25) is 4.79 Å². The van der Waals surface area contributed by atoms with Crippen LogP contribution in [0.25, 0.3) is 0 Å². The van der Waals surface area contributed by atoms with Crippen molar-refractivity contribution in [3.63, 3.8) is 0 Å². The molecular formula is C33H47NO10. The molecule has 0 radical (unpaired) electrons. The SMILES string of the molecule is CC(=O)Oc1cccc(C23OCC(C)(C)C2(C(C)(C)COCCCCCCCCCCC(=O)On2c(O)ccc2O)OO3)c1. The van der Waals surface area contributed by atoms with Gasteiger partial charge in [0.15, 0.2) is 5.60 Å². The highest BCUT2D eigenvalue weighted by molar-refractivity contribution is 5.70. The van der Waals surface area contributed by atoms with E-state index in [2.05, 4.69) is 27.7 Å². The van der Waals surface area contributed by atoms with Crippen molar-refractivity contribution in [2.75, 3.05) is 19.8 Å². The van der Waals surface area contributed by atoms with Crippen molar-refractivity contribution in [1.82, 2.24) is 4.73 Å². The largest absolute Gasteiger partial charge is 0.492 e. The second-order valence-electron chi connectivity index (χ2n) is 13.1. The molecule has 244 valence electrons. The van der Waals surface area contributed by atoms with Gasteiger partial charge in [-0.15, -0.1) is 4.73 Å². The molecule has 0 amide bonds. The lowest BCUT2D eigenvalue weighted by Gasteiger charge is -2.61. The van der Waals surface area contributed by atoms with E-state index in [0.29, 0.717) is 36.7 Å². The summed E-state index contributed by atoms with van der Waals surface area (Å²) in [5.41, 5.74) is -0.953. The van der Waals surface area contributed by atoms with Crippen molar-refractivity contribution < 1.29 is 48.6 Å². The zero-order valence-electron chi connectivity index (χ0n) is 26.6. The van der Waals surface area contributed by atoms with E-state index < -0.39 is 28.7 Å². The first kappa shape index (κ1) is 33.8. The molecule has 2 aliphatic rings. The predicted octanol–water partition coefficient (Wildman–Crippen LogP) is 5.94. The molecule has 1 aromatic carbocycles. The molecule has 2 saturated heterocycles. The Morgan fingerprint density at radius 2 is 1.57 bits per heavy atom. The highest BCUT2D eigenvalue weighted by Gasteiger charge is 2.82. The van der Waals surface area contributed by atoms with E-state index in [9.17, 15) is 19.8 Å². The maximum Gasteiger partial charge on any atom is 0.333 e. The average Bonchev–Trinajstić information content (AvgIpc) is 3.33. The van der Waals surface area contributed by atoms with Crippen LogP contribution < -0.4 is 9.57 Å². The van der Waals surface area contributed by atoms with Gasteiger partial charge in [0.2, 0.25) is 11.8 Å². The quantitative estimate of drug-likeness (QED) is 0.0950. The molecule has 11 heteroatoms. The van der Waals surface area contributed by atoms with Crippen LogP contribution >= 0.6 is 0 Å². The Balaban J connectivity index is 1.14. The van der Waals surface area contributed by atoms with Crippen LogP contribution in [-0.4, -0.2) is 52.3 Å². The van der Waals surface area contributed by atoms with E-state index in [1.54, 1.807) is 12.1 Å². The molecule has 2 atom stereocenters. The molecule has 2 aliphatic heterocycles. The number of unbranched alkanes of at least 4 members (excludes halogenated alkanes) is 7. The Morgan fingerprint density at radius 3 is 2.18 bits per heavy atom. The molecule has 2 fully saturated rings. The van der Waals surface area contributed by atoms with Crippen molar-refractivity contribution >= 4 is 11.9 Å². The smallest absolute Gasteiger partial charge is 0.333 e. The van der Waals surface area contributed by atoms with Crippen molar-refractivity contribution in [1.29, 1.82) is 0 Å². The Kier molecular flexibility index (Phi) is 10.7. The zero-order valence-corrected chi connectivity index (χ0v) is 26.6. The minimum Gasteiger partial charge on any atom is -0.492 e. The third-order valence-electron chi connectivity index (χ3n) is 8.64. The summed E-state index contributed by atoms with van der Waals surface area (Å²) in [6.45, 7) is 11.4. The third-order valence-corrected chi connectivity index (χ3v) is 8.64. The molecule has 2 aromatic rings. The van der Waals surface area contributed by atoms with Crippen LogP contribution in [0.15, 0.2) is 36.4 Å². The van der Waals surface area contributed by atoms with Gasteiger partial charge in [-0.25, -0.2) is 9.68 Å². The normalized spacial score (nSPS) is 22.3. The van der Waals surface area contributed by atoms with Crippen LogP contribution in [0.1, 0.15) is 98.0 Å². The highest BCUT2D eigenvalue weighted by Crippen LogP contribution is 2.69. The first-order chi connectivity index (χ1) is 20.9. The van der Waals surface area contributed by atoms with Gasteiger partial charge in [0.25, 0.3) is 5.79 Å². The van der Waals surface area contributed by atoms with E-state index in [-0.39, 0.29) is 23.6 Å². The summed E-state index contributed by atoms with van der Waals surface area (Å²) in [6.07, 6.45) is 8.24. The second-order valence-corrected chi connectivity index (χ2v) is 13.1. The molecule has 2 unspecified atom stereocenters. The fourth-order valence-corrected chi connectivity index (χ4v) is 6.61. The number of nitrogens with zero attached hydrogens (tertiary/aromatic N) is 1. The number of esters is 1. The van der Waals surface area contributed by atoms with Crippen LogP contribution in [0, 0.1) is 10.8 Å². The molecule has 2 N–H and O–H groups in total. The maximum absolute atomic E-state index is 11.9. The number of carbonyl (C=O) groups is 2. The van der Waals surface area contributed by atoms with Crippen molar-refractivity contribution in [3.8, 4) is 17.5 Å². The minimum absolute atomic E-state index is 0.230. The molecule has 0 bridgehead atoms. The lowest BCUT2D eigenvalue weighted by atomic mass is 9.57. The Bertz CT molecular complexity index is 1270. The van der Waals surface area contributed by atoms with E-state index >= 15 is 0 Å². The number of fused-ring (bicyclic) bond motifs is 1. The number of carbonyl (C=O) groups excluding carboxylic acids is 2. The summed E-state index contributed by atoms with van der Waals surface area (Å²) < 4.78 is 18.6. The van der Waals surface area contributed by atoms with Gasteiger partial charge in [-0.1, -0.05) is 78.4 Å². The molecule has 1 aromatic heterocycles. The van der Waals surface area contributed by atoms with Crippen molar-refractivity contribution in [2.24, 2.45) is 10.8 Å². The molecule has 4 rings (SSSR count). The van der Waals surface area contributed by atoms with E-state index in [4.69, 9.17) is 28.8 Å². The van der Waals surface area contributed by atoms with Crippen molar-refractivity contribution in [3.05, 3.63) is 42.0 Å². The standard InChI is InChI=1S/C33H47NO10/c1-24(35)41-26-16-14-15-25(21-26)32-33(44-43-32,31(4,5)23-40-32)30(2,3)22-39-20-13-11-9-7-6-8-10-12-17-29(38)42-34-27(36)18-19-28(34)37/h14-16,18-19,21,36-37H,6-13,17,20,22-23H2,1-5H3. The number of aromatic nitrogens is 1. The van der Waals surface area contributed by atoms with Crippen molar-refractivity contribution in [2.45, 2.75) is 104 Å². The summed E-state index contributed by atoms with van der Waals surface area (Å²) in [4.78, 5) is 40.2. The van der Waals surface area contributed by atoms with Gasteiger partial charge in [-0.2, -0.15) is 4.89 Å². The van der Waals surface area contributed by atoms with E-state index in [1.165, 1.54) is 19.1 Å². The Morgan fingerprint density at radius 1 is 0.932 bits per heavy atom. The lowest BCUT2D eigenvalue weighted by molar-refractivity contribution is -0.628. The number of rotatable bonds is 17. The third kappa shape index (κ3) is 6.75. The summed E-state index contributed by atoms with van der Waals surface area (Å²) >= 11 is 0. The first-order valence-corrected chi connectivity index (χ1v) is 15.5. The van der Waals surface area contributed by atoms with E-state index in [0.717, 1.165) is 50.5 Å². The Hall–Kier alpha value is -3.12. The maximum atomic E-state index is 11.9. The number of hydrogen-bond donors (Lipinski definition) is 2. The van der Waals surface area contributed by atoms with E-state index in [1.807, 2.05) is 12.1 Å². The van der Waals surface area contributed by atoms with Gasteiger partial charge in [-0.05, 0) is 25.0 Å². The fourth-order valence-electron chi connectivity index (χ4n) is 6.61. The second kappa shape index (κ2) is 13.9. The van der Waals surface area contributed by atoms with Crippen LogP contribution in [0.3, 0.4) is 0 Å².